The van der Waals surface area contributed by atoms with Crippen molar-refractivity contribution in [3.63, 3.8) is 0 Å². The Morgan fingerprint density at radius 3 is 0.768 bits per heavy atom. The summed E-state index contributed by atoms with van der Waals surface area (Å²) < 4.78 is 68.7. The molecule has 0 heterocycles. The highest BCUT2D eigenvalue weighted by molar-refractivity contribution is 7.47. The Bertz CT molecular complexity index is 1920. The van der Waals surface area contributed by atoms with Crippen LogP contribution in [0.2, 0.25) is 0 Å². The van der Waals surface area contributed by atoms with E-state index in [2.05, 4.69) is 48.5 Å². The minimum absolute atomic E-state index is 0.106. The molecule has 3 N–H and O–H groups in total. The second kappa shape index (κ2) is 70.4. The maximum Gasteiger partial charge on any atom is 0.472 e. The number of phosphoric acid groups is 2. The van der Waals surface area contributed by atoms with Crippen LogP contribution in [0.4, 0.5) is 0 Å². The number of hydrogen-bond donors (Lipinski definition) is 3. The summed E-state index contributed by atoms with van der Waals surface area (Å²) in [5, 5.41) is 10.6. The van der Waals surface area contributed by atoms with Gasteiger partial charge in [-0.25, -0.2) is 9.13 Å². The molecule has 99 heavy (non-hydrogen) atoms. The van der Waals surface area contributed by atoms with Crippen LogP contribution in [-0.4, -0.2) is 96.7 Å². The van der Waals surface area contributed by atoms with Crippen LogP contribution in [0.25, 0.3) is 0 Å². The lowest BCUT2D eigenvalue weighted by Gasteiger charge is -2.21. The maximum absolute atomic E-state index is 13.1. The van der Waals surface area contributed by atoms with Crippen LogP contribution in [-0.2, 0) is 65.4 Å². The number of hydrogen-bond acceptors (Lipinski definition) is 15. The molecule has 0 amide bonds. The van der Waals surface area contributed by atoms with Gasteiger partial charge in [0.05, 0.1) is 26.4 Å². The van der Waals surface area contributed by atoms with Gasteiger partial charge in [-0.15, -0.1) is 0 Å². The van der Waals surface area contributed by atoms with Gasteiger partial charge in [0.1, 0.15) is 19.3 Å². The van der Waals surface area contributed by atoms with E-state index >= 15 is 0 Å². The van der Waals surface area contributed by atoms with E-state index in [1.165, 1.54) is 218 Å². The van der Waals surface area contributed by atoms with Crippen molar-refractivity contribution < 1.29 is 80.2 Å². The van der Waals surface area contributed by atoms with Crippen LogP contribution in [0, 0.1) is 17.8 Å². The van der Waals surface area contributed by atoms with Gasteiger partial charge < -0.3 is 33.8 Å². The normalized spacial score (nSPS) is 14.3. The standard InChI is InChI=1S/C80H156O17P2/c1-8-10-11-12-13-14-15-16-17-18-19-23-28-33-40-47-54-61-77(82)90-67-75(96-79(84)63-56-49-41-34-29-24-21-20-22-27-32-39-46-53-60-73(7)9-2)69-94-98(86,87)92-65-74(81)66-93-99(88,89)95-70-76(68-91-78(83)62-55-48-43-36-38-45-52-59-72(5)6)97-80(85)64-57-50-42-35-30-25-26-31-37-44-51-58-71(3)4/h71-76,81H,8-70H2,1-7H3,(H,86,87)(H,88,89)/t73?,74-,75-,76-/m1/s1. The summed E-state index contributed by atoms with van der Waals surface area (Å²) in [5.74, 6) is 0.203. The summed E-state index contributed by atoms with van der Waals surface area (Å²) in [4.78, 5) is 73.0. The highest BCUT2D eigenvalue weighted by atomic mass is 31.2. The van der Waals surface area contributed by atoms with Crippen molar-refractivity contribution in [3.8, 4) is 0 Å². The SMILES string of the molecule is CCCCCCCCCCCCCCCCCCCC(=O)OC[C@H](COP(=O)(O)OC[C@@H](O)COP(=O)(O)OC[C@@H](COC(=O)CCCCCCCCCC(C)C)OC(=O)CCCCCCCCCCCCCC(C)C)OC(=O)CCCCCCCCCCCCCCCCC(C)CC. The molecule has 0 rings (SSSR count). The molecular formula is C80H156O17P2. The van der Waals surface area contributed by atoms with Crippen LogP contribution >= 0.6 is 15.6 Å². The van der Waals surface area contributed by atoms with Gasteiger partial charge in [0.2, 0.25) is 0 Å². The lowest BCUT2D eigenvalue weighted by molar-refractivity contribution is -0.161. The molecule has 0 saturated heterocycles. The number of carbonyl (C=O) groups is 4. The molecule has 0 aromatic rings. The molecule has 0 radical (unpaired) electrons. The van der Waals surface area contributed by atoms with E-state index < -0.39 is 97.5 Å². The van der Waals surface area contributed by atoms with E-state index in [1.807, 2.05) is 0 Å². The van der Waals surface area contributed by atoms with Crippen molar-refractivity contribution in [2.24, 2.45) is 17.8 Å². The van der Waals surface area contributed by atoms with Crippen molar-refractivity contribution in [1.82, 2.24) is 0 Å². The average Bonchev–Trinajstić information content (AvgIpc) is 2.24. The van der Waals surface area contributed by atoms with E-state index in [4.69, 9.17) is 37.0 Å². The zero-order valence-corrected chi connectivity index (χ0v) is 66.8. The van der Waals surface area contributed by atoms with E-state index in [0.29, 0.717) is 31.6 Å². The third-order valence-corrected chi connectivity index (χ3v) is 20.9. The fourth-order valence-corrected chi connectivity index (χ4v) is 13.9. The number of carbonyl (C=O) groups excluding carboxylic acids is 4. The van der Waals surface area contributed by atoms with Crippen molar-refractivity contribution in [2.75, 3.05) is 39.6 Å². The highest BCUT2D eigenvalue weighted by Gasteiger charge is 2.30. The lowest BCUT2D eigenvalue weighted by Crippen LogP contribution is -2.30. The zero-order valence-electron chi connectivity index (χ0n) is 65.0. The molecule has 0 aromatic carbocycles. The zero-order chi connectivity index (χ0) is 73.0. The third kappa shape index (κ3) is 72.8. The first kappa shape index (κ1) is 97.1. The summed E-state index contributed by atoms with van der Waals surface area (Å²) in [5.41, 5.74) is 0. The minimum Gasteiger partial charge on any atom is -0.462 e. The van der Waals surface area contributed by atoms with Crippen molar-refractivity contribution in [3.05, 3.63) is 0 Å². The van der Waals surface area contributed by atoms with Gasteiger partial charge in [0, 0.05) is 25.7 Å². The van der Waals surface area contributed by atoms with E-state index in [-0.39, 0.29) is 25.7 Å². The molecule has 3 unspecified atom stereocenters. The van der Waals surface area contributed by atoms with E-state index in [1.54, 1.807) is 0 Å². The van der Waals surface area contributed by atoms with E-state index in [9.17, 15) is 43.2 Å². The molecule has 0 aromatic heterocycles. The van der Waals surface area contributed by atoms with Crippen molar-refractivity contribution in [2.45, 2.75) is 433 Å². The molecule has 0 aliphatic rings. The minimum atomic E-state index is -4.96. The molecule has 588 valence electrons. The Kier molecular flexibility index (Phi) is 69.0. The Balaban J connectivity index is 5.25. The van der Waals surface area contributed by atoms with Gasteiger partial charge in [-0.1, -0.05) is 363 Å². The highest BCUT2D eigenvalue weighted by Crippen LogP contribution is 2.45. The molecule has 6 atom stereocenters. The average molecular weight is 1450 g/mol. The van der Waals surface area contributed by atoms with Gasteiger partial charge in [0.15, 0.2) is 12.2 Å². The summed E-state index contributed by atoms with van der Waals surface area (Å²) >= 11 is 0. The fraction of sp³-hybridized carbons (Fsp3) is 0.950. The smallest absolute Gasteiger partial charge is 0.462 e. The van der Waals surface area contributed by atoms with Crippen molar-refractivity contribution >= 4 is 39.5 Å². The predicted molar refractivity (Wildman–Crippen MR) is 405 cm³/mol. The second-order valence-electron chi connectivity index (χ2n) is 30.0. The molecule has 0 fully saturated rings. The fourth-order valence-electron chi connectivity index (χ4n) is 12.3. The van der Waals surface area contributed by atoms with Gasteiger partial charge in [-0.05, 0) is 43.4 Å². The summed E-state index contributed by atoms with van der Waals surface area (Å²) in [6, 6.07) is 0. The number of rotatable bonds is 78. The first-order chi connectivity index (χ1) is 47.8. The van der Waals surface area contributed by atoms with Crippen LogP contribution in [0.1, 0.15) is 414 Å². The number of phosphoric ester groups is 2. The molecule has 0 aliphatic heterocycles. The molecule has 19 heteroatoms. The van der Waals surface area contributed by atoms with Gasteiger partial charge in [-0.3, -0.25) is 37.3 Å². The molecule has 17 nitrogen and oxygen atoms in total. The molecule has 0 spiro atoms. The van der Waals surface area contributed by atoms with Crippen LogP contribution in [0.3, 0.4) is 0 Å². The van der Waals surface area contributed by atoms with Gasteiger partial charge in [0.25, 0.3) is 0 Å². The quantitative estimate of drug-likeness (QED) is 0.0222. The summed E-state index contributed by atoms with van der Waals surface area (Å²) in [6.45, 7) is 11.9. The van der Waals surface area contributed by atoms with Gasteiger partial charge in [-0.2, -0.15) is 0 Å². The van der Waals surface area contributed by atoms with Crippen molar-refractivity contribution in [1.29, 1.82) is 0 Å². The number of esters is 4. The molecule has 0 saturated carbocycles. The number of aliphatic hydroxyl groups excluding tert-OH is 1. The third-order valence-electron chi connectivity index (χ3n) is 19.0. The molecule has 0 bridgehead atoms. The Morgan fingerprint density at radius 1 is 0.293 bits per heavy atom. The largest absolute Gasteiger partial charge is 0.472 e. The van der Waals surface area contributed by atoms with E-state index in [0.717, 1.165) is 108 Å². The maximum atomic E-state index is 13.1. The Hall–Kier alpha value is -1.94. The Labute approximate surface area is 607 Å². The van der Waals surface area contributed by atoms with Gasteiger partial charge >= 0.3 is 39.5 Å². The first-order valence-corrected chi connectivity index (χ1v) is 44.4. The summed E-state index contributed by atoms with van der Waals surface area (Å²) in [7, 11) is -9.92. The monoisotopic (exact) mass is 1450 g/mol. The van der Waals surface area contributed by atoms with Crippen LogP contribution in [0.5, 0.6) is 0 Å². The van der Waals surface area contributed by atoms with Crippen LogP contribution in [0.15, 0.2) is 0 Å². The molecular weight excluding hydrogens is 1290 g/mol. The number of ether oxygens (including phenoxy) is 4. The summed E-state index contributed by atoms with van der Waals surface area (Å²) in [6.07, 6.45) is 58.3. The topological polar surface area (TPSA) is 237 Å². The number of aliphatic hydroxyl groups is 1. The predicted octanol–water partition coefficient (Wildman–Crippen LogP) is 23.7. The second-order valence-corrected chi connectivity index (χ2v) is 32.9. The lowest BCUT2D eigenvalue weighted by atomic mass is 9.99. The Morgan fingerprint density at radius 2 is 0.515 bits per heavy atom. The van der Waals surface area contributed by atoms with Crippen LogP contribution < -0.4 is 0 Å². The molecule has 0 aliphatic carbocycles. The number of unbranched alkanes of at least 4 members (excludes halogenated alkanes) is 45. The first-order valence-electron chi connectivity index (χ1n) is 41.4.